The molecule has 0 radical (unpaired) electrons. The lowest BCUT2D eigenvalue weighted by Crippen LogP contribution is -2.31. The van der Waals surface area contributed by atoms with Gasteiger partial charge in [0.15, 0.2) is 0 Å². The van der Waals surface area contributed by atoms with Crippen LogP contribution in [0.15, 0.2) is 60.1 Å². The van der Waals surface area contributed by atoms with Gasteiger partial charge in [-0.05, 0) is 50.1 Å². The molecule has 4 rings (SSSR count). The van der Waals surface area contributed by atoms with E-state index in [1.807, 2.05) is 76.2 Å². The third-order valence-corrected chi connectivity index (χ3v) is 5.39. The van der Waals surface area contributed by atoms with Crippen LogP contribution in [-0.4, -0.2) is 34.8 Å². The van der Waals surface area contributed by atoms with E-state index in [-0.39, 0.29) is 11.9 Å². The second-order valence-corrected chi connectivity index (χ2v) is 7.85. The van der Waals surface area contributed by atoms with Gasteiger partial charge in [-0.25, -0.2) is 4.68 Å². The maximum Gasteiger partial charge on any atom is 0.255 e. The number of benzene rings is 2. The molecular formula is C23H26N6O. The molecule has 1 aliphatic heterocycles. The average Bonchev–Trinajstić information content (AvgIpc) is 3.17. The topological polar surface area (TPSA) is 75.1 Å². The SMILES string of the molecule is CC1=C(C(=O)Nc2ccc(C)cc2C)C(c2ccc(N(C)C)cc2)n2ncnc2N1. The molecular weight excluding hydrogens is 376 g/mol. The van der Waals surface area contributed by atoms with E-state index in [4.69, 9.17) is 0 Å². The van der Waals surface area contributed by atoms with Crippen LogP contribution < -0.4 is 15.5 Å². The van der Waals surface area contributed by atoms with Gasteiger partial charge in [-0.15, -0.1) is 0 Å². The predicted molar refractivity (Wildman–Crippen MR) is 120 cm³/mol. The van der Waals surface area contributed by atoms with Crippen molar-refractivity contribution in [3.63, 3.8) is 0 Å². The Bertz CT molecular complexity index is 1130. The first-order valence-corrected chi connectivity index (χ1v) is 9.88. The fraction of sp³-hybridized carbons (Fsp3) is 0.261. The quantitative estimate of drug-likeness (QED) is 0.693. The minimum Gasteiger partial charge on any atom is -0.378 e. The molecule has 30 heavy (non-hydrogen) atoms. The molecule has 1 aromatic heterocycles. The van der Waals surface area contributed by atoms with Crippen molar-refractivity contribution in [3.05, 3.63) is 76.8 Å². The Balaban J connectivity index is 1.74. The minimum absolute atomic E-state index is 0.158. The highest BCUT2D eigenvalue weighted by Gasteiger charge is 2.33. The highest BCUT2D eigenvalue weighted by Crippen LogP contribution is 2.36. The van der Waals surface area contributed by atoms with Crippen LogP contribution in [0.3, 0.4) is 0 Å². The van der Waals surface area contributed by atoms with E-state index in [1.54, 1.807) is 4.68 Å². The zero-order valence-corrected chi connectivity index (χ0v) is 17.9. The summed E-state index contributed by atoms with van der Waals surface area (Å²) in [7, 11) is 4.00. The standard InChI is InChI=1S/C23H26N6O/c1-14-6-11-19(15(2)12-14)27-22(30)20-16(3)26-23-24-13-25-29(23)21(20)17-7-9-18(10-8-17)28(4)5/h6-13,21H,1-5H3,(H,27,30)(H,24,25,26). The van der Waals surface area contributed by atoms with E-state index >= 15 is 0 Å². The van der Waals surface area contributed by atoms with Crippen molar-refractivity contribution < 1.29 is 4.79 Å². The number of nitrogens with one attached hydrogen (secondary N) is 2. The number of anilines is 3. The third-order valence-electron chi connectivity index (χ3n) is 5.39. The maximum absolute atomic E-state index is 13.4. The molecule has 0 aliphatic carbocycles. The molecule has 7 nitrogen and oxygen atoms in total. The lowest BCUT2D eigenvalue weighted by atomic mass is 9.94. The first kappa shape index (κ1) is 19.7. The van der Waals surface area contributed by atoms with Gasteiger partial charge in [0.25, 0.3) is 5.91 Å². The van der Waals surface area contributed by atoms with Crippen molar-refractivity contribution in [2.24, 2.45) is 0 Å². The molecule has 154 valence electrons. The number of allylic oxidation sites excluding steroid dienone is 1. The lowest BCUT2D eigenvalue weighted by molar-refractivity contribution is -0.113. The molecule has 0 bridgehead atoms. The van der Waals surface area contributed by atoms with Gasteiger partial charge in [-0.3, -0.25) is 4.79 Å². The highest BCUT2D eigenvalue weighted by atomic mass is 16.1. The van der Waals surface area contributed by atoms with Crippen LogP contribution in [0.1, 0.15) is 29.7 Å². The fourth-order valence-electron chi connectivity index (χ4n) is 3.79. The molecule has 1 unspecified atom stereocenters. The molecule has 1 amide bonds. The number of aromatic nitrogens is 3. The monoisotopic (exact) mass is 402 g/mol. The van der Waals surface area contributed by atoms with Gasteiger partial charge in [0.1, 0.15) is 12.4 Å². The first-order valence-electron chi connectivity index (χ1n) is 9.88. The van der Waals surface area contributed by atoms with Gasteiger partial charge in [0.05, 0.1) is 5.57 Å². The Kier molecular flexibility index (Phi) is 5.03. The third kappa shape index (κ3) is 3.54. The number of amides is 1. The van der Waals surface area contributed by atoms with E-state index in [0.29, 0.717) is 11.5 Å². The number of hydrogen-bond donors (Lipinski definition) is 2. The lowest BCUT2D eigenvalue weighted by Gasteiger charge is -2.29. The van der Waals surface area contributed by atoms with Gasteiger partial charge in [0.2, 0.25) is 5.95 Å². The Morgan fingerprint density at radius 3 is 2.50 bits per heavy atom. The Morgan fingerprint density at radius 1 is 1.10 bits per heavy atom. The summed E-state index contributed by atoms with van der Waals surface area (Å²) in [5.41, 5.74) is 6.43. The van der Waals surface area contributed by atoms with Gasteiger partial charge >= 0.3 is 0 Å². The summed E-state index contributed by atoms with van der Waals surface area (Å²) < 4.78 is 1.76. The van der Waals surface area contributed by atoms with Crippen molar-refractivity contribution in [1.82, 2.24) is 14.8 Å². The zero-order valence-electron chi connectivity index (χ0n) is 17.9. The molecule has 2 N–H and O–H groups in total. The van der Waals surface area contributed by atoms with Gasteiger partial charge < -0.3 is 15.5 Å². The number of hydrogen-bond acceptors (Lipinski definition) is 5. The van der Waals surface area contributed by atoms with Crippen molar-refractivity contribution >= 4 is 23.2 Å². The summed E-state index contributed by atoms with van der Waals surface area (Å²) in [5, 5.41) is 10.7. The van der Waals surface area contributed by atoms with E-state index in [1.165, 1.54) is 6.33 Å². The van der Waals surface area contributed by atoms with Crippen LogP contribution in [0.25, 0.3) is 0 Å². The molecule has 0 spiro atoms. The molecule has 2 aromatic carbocycles. The second kappa shape index (κ2) is 7.67. The van der Waals surface area contributed by atoms with Crippen LogP contribution in [0, 0.1) is 13.8 Å². The number of carbonyl (C=O) groups excluding carboxylic acids is 1. The summed E-state index contributed by atoms with van der Waals surface area (Å²) in [6, 6.07) is 13.8. The molecule has 7 heteroatoms. The van der Waals surface area contributed by atoms with Crippen LogP contribution in [0.5, 0.6) is 0 Å². The van der Waals surface area contributed by atoms with E-state index in [9.17, 15) is 4.79 Å². The molecule has 1 aliphatic rings. The predicted octanol–water partition coefficient (Wildman–Crippen LogP) is 3.89. The number of aryl methyl sites for hydroxylation is 2. The number of rotatable bonds is 4. The number of carbonyl (C=O) groups is 1. The van der Waals surface area contributed by atoms with Gasteiger partial charge in [-0.1, -0.05) is 29.8 Å². The average molecular weight is 403 g/mol. The van der Waals surface area contributed by atoms with E-state index in [2.05, 4.69) is 26.8 Å². The first-order chi connectivity index (χ1) is 14.3. The molecule has 0 saturated carbocycles. The molecule has 0 fully saturated rings. The van der Waals surface area contributed by atoms with Crippen molar-refractivity contribution in [3.8, 4) is 0 Å². The summed E-state index contributed by atoms with van der Waals surface area (Å²) >= 11 is 0. The maximum atomic E-state index is 13.4. The van der Waals surface area contributed by atoms with Crippen LogP contribution in [0.2, 0.25) is 0 Å². The van der Waals surface area contributed by atoms with Crippen molar-refractivity contribution in [1.29, 1.82) is 0 Å². The zero-order chi connectivity index (χ0) is 21.4. The molecule has 0 saturated heterocycles. The Labute approximate surface area is 176 Å². The van der Waals surface area contributed by atoms with Crippen molar-refractivity contribution in [2.45, 2.75) is 26.8 Å². The van der Waals surface area contributed by atoms with Crippen LogP contribution in [-0.2, 0) is 4.79 Å². The summed E-state index contributed by atoms with van der Waals surface area (Å²) in [5.74, 6) is 0.465. The van der Waals surface area contributed by atoms with Gasteiger partial charge in [0, 0.05) is 31.2 Å². The van der Waals surface area contributed by atoms with Crippen LogP contribution in [0.4, 0.5) is 17.3 Å². The largest absolute Gasteiger partial charge is 0.378 e. The van der Waals surface area contributed by atoms with Crippen molar-refractivity contribution in [2.75, 3.05) is 29.6 Å². The molecule has 2 heterocycles. The summed E-state index contributed by atoms with van der Waals surface area (Å²) in [6.45, 7) is 5.93. The fourth-order valence-corrected chi connectivity index (χ4v) is 3.79. The normalized spacial score (nSPS) is 15.4. The summed E-state index contributed by atoms with van der Waals surface area (Å²) in [6.07, 6.45) is 1.50. The smallest absolute Gasteiger partial charge is 0.255 e. The van der Waals surface area contributed by atoms with Gasteiger partial charge in [-0.2, -0.15) is 10.1 Å². The Hall–Kier alpha value is -3.61. The molecule has 3 aromatic rings. The van der Waals surface area contributed by atoms with E-state index in [0.717, 1.165) is 33.8 Å². The molecule has 1 atom stereocenters. The number of nitrogens with zero attached hydrogens (tertiary/aromatic N) is 4. The highest BCUT2D eigenvalue weighted by molar-refractivity contribution is 6.06. The van der Waals surface area contributed by atoms with E-state index < -0.39 is 0 Å². The Morgan fingerprint density at radius 2 is 1.83 bits per heavy atom. The van der Waals surface area contributed by atoms with Crippen LogP contribution >= 0.6 is 0 Å². The second-order valence-electron chi connectivity index (χ2n) is 7.85. The summed E-state index contributed by atoms with van der Waals surface area (Å²) in [4.78, 5) is 19.8. The number of fused-ring (bicyclic) bond motifs is 1. The minimum atomic E-state index is -0.370.